The van der Waals surface area contributed by atoms with E-state index in [1.54, 1.807) is 22.7 Å². The lowest BCUT2D eigenvalue weighted by Crippen LogP contribution is -2.48. The van der Waals surface area contributed by atoms with Gasteiger partial charge in [0.15, 0.2) is 10.3 Å². The second-order valence-electron chi connectivity index (χ2n) is 12.1. The first kappa shape index (κ1) is 33.6. The third kappa shape index (κ3) is 8.73. The first-order valence-electron chi connectivity index (χ1n) is 16.2. The van der Waals surface area contributed by atoms with Crippen molar-refractivity contribution in [2.45, 2.75) is 53.4 Å². The minimum atomic E-state index is 0.270. The zero-order chi connectivity index (χ0) is 32.5. The molecule has 0 aliphatic carbocycles. The molecule has 2 aromatic carbocycles. The lowest BCUT2D eigenvalue weighted by molar-refractivity contribution is -0.132. The van der Waals surface area contributed by atoms with Gasteiger partial charge in [0.25, 0.3) is 0 Å². The monoisotopic (exact) mass is 658 g/mol. The largest absolute Gasteiger partial charge is 0.345 e. The highest BCUT2D eigenvalue weighted by Crippen LogP contribution is 2.22. The summed E-state index contributed by atoms with van der Waals surface area (Å²) in [6.45, 7) is 15.2. The van der Waals surface area contributed by atoms with E-state index in [4.69, 9.17) is 0 Å². The fraction of sp³-hybridized carbons (Fsp3) is 0.444. The number of carbonyl (C=O) groups excluding carboxylic acids is 2. The van der Waals surface area contributed by atoms with Gasteiger partial charge in [-0.1, -0.05) is 36.4 Å². The van der Waals surface area contributed by atoms with Crippen molar-refractivity contribution in [3.63, 3.8) is 0 Å². The van der Waals surface area contributed by atoms with Crippen LogP contribution in [-0.2, 0) is 22.4 Å². The van der Waals surface area contributed by atoms with Gasteiger partial charge in [-0.25, -0.2) is 9.97 Å². The minimum Gasteiger partial charge on any atom is -0.345 e. The zero-order valence-electron chi connectivity index (χ0n) is 27.6. The maximum atomic E-state index is 12.5. The predicted octanol–water partition coefficient (Wildman–Crippen LogP) is 6.08. The highest BCUT2D eigenvalue weighted by molar-refractivity contribution is 7.13. The number of anilines is 2. The number of hydrogen-bond donors (Lipinski definition) is 0. The molecule has 0 bridgehead atoms. The average molecular weight is 659 g/mol. The Morgan fingerprint density at radius 2 is 0.935 bits per heavy atom. The van der Waals surface area contributed by atoms with Gasteiger partial charge in [-0.15, -0.1) is 22.7 Å². The number of hydrogen-bond acceptors (Lipinski definition) is 8. The Morgan fingerprint density at radius 1 is 0.587 bits per heavy atom. The number of benzene rings is 2. The molecule has 4 heterocycles. The first-order chi connectivity index (χ1) is 22.3. The van der Waals surface area contributed by atoms with Gasteiger partial charge in [-0.2, -0.15) is 0 Å². The van der Waals surface area contributed by atoms with E-state index in [2.05, 4.69) is 83.9 Å². The van der Waals surface area contributed by atoms with Crippen molar-refractivity contribution in [3.05, 3.63) is 92.9 Å². The second kappa shape index (κ2) is 16.2. The normalized spacial score (nSPS) is 15.0. The van der Waals surface area contributed by atoms with E-state index in [1.165, 1.54) is 33.4 Å². The van der Waals surface area contributed by atoms with Crippen LogP contribution in [0.3, 0.4) is 0 Å². The molecule has 2 aliphatic heterocycles. The number of aryl methyl sites for hydroxylation is 4. The quantitative estimate of drug-likeness (QED) is 0.229. The van der Waals surface area contributed by atoms with Crippen molar-refractivity contribution in [1.29, 1.82) is 0 Å². The number of rotatable bonds is 8. The smallest absolute Gasteiger partial charge is 0.223 e. The van der Waals surface area contributed by atoms with Crippen molar-refractivity contribution in [3.8, 4) is 0 Å². The number of aromatic nitrogens is 2. The van der Waals surface area contributed by atoms with E-state index in [0.717, 1.165) is 75.5 Å². The summed E-state index contributed by atoms with van der Waals surface area (Å²) in [6.07, 6.45) is 6.55. The van der Waals surface area contributed by atoms with Crippen LogP contribution in [0.2, 0.25) is 0 Å². The highest BCUT2D eigenvalue weighted by atomic mass is 32.1. The molecule has 2 aromatic heterocycles. The Morgan fingerprint density at radius 3 is 1.24 bits per heavy atom. The van der Waals surface area contributed by atoms with Gasteiger partial charge in [0, 0.05) is 88.4 Å². The van der Waals surface area contributed by atoms with E-state index < -0.39 is 0 Å². The molecule has 2 aliphatic rings. The Labute approximate surface area is 281 Å². The van der Waals surface area contributed by atoms with Crippen LogP contribution in [0.15, 0.2) is 59.6 Å². The van der Waals surface area contributed by atoms with E-state index in [0.29, 0.717) is 12.8 Å². The average Bonchev–Trinajstić information content (AvgIpc) is 3.81. The summed E-state index contributed by atoms with van der Waals surface area (Å²) in [5.41, 5.74) is 7.78. The summed E-state index contributed by atoms with van der Waals surface area (Å²) in [4.78, 5) is 42.2. The van der Waals surface area contributed by atoms with Crippen molar-refractivity contribution in [2.75, 3.05) is 62.2 Å². The molecule has 0 atom stereocenters. The molecule has 0 radical (unpaired) electrons. The number of piperazine rings is 2. The van der Waals surface area contributed by atoms with Gasteiger partial charge in [-0.05, 0) is 73.9 Å². The summed E-state index contributed by atoms with van der Waals surface area (Å²) < 4.78 is 0. The molecule has 0 unspecified atom stereocenters. The molecule has 46 heavy (non-hydrogen) atoms. The van der Waals surface area contributed by atoms with Gasteiger partial charge in [0.1, 0.15) is 0 Å². The van der Waals surface area contributed by atoms with E-state index >= 15 is 0 Å². The SMILES string of the molecule is Cc1cccc(C)c1CCC(=O)N1CCN(c2nccs2)CC1.Cc1cccc(C)c1CCC(=O)N1CCN(c2nccs2)CC1. The molecule has 6 rings (SSSR count). The van der Waals surface area contributed by atoms with Gasteiger partial charge in [-0.3, -0.25) is 9.59 Å². The van der Waals surface area contributed by atoms with Gasteiger partial charge >= 0.3 is 0 Å². The summed E-state index contributed by atoms with van der Waals surface area (Å²) in [5.74, 6) is 0.540. The van der Waals surface area contributed by atoms with Crippen LogP contribution in [0.1, 0.15) is 46.2 Å². The molecule has 2 amide bonds. The predicted molar refractivity (Wildman–Crippen MR) is 190 cm³/mol. The standard InChI is InChI=1S/2C18H23N3OS/c2*1-14-4-3-5-15(2)16(14)6-7-17(22)20-9-11-21(12-10-20)18-19-8-13-23-18/h2*3-5,8,13H,6-7,9-12H2,1-2H3. The molecule has 0 spiro atoms. The Balaban J connectivity index is 0.000000181. The Hall–Kier alpha value is -3.76. The molecular formula is C36H46N6O2S2. The number of carbonyl (C=O) groups is 2. The molecule has 2 saturated heterocycles. The van der Waals surface area contributed by atoms with Crippen molar-refractivity contribution >= 4 is 44.8 Å². The lowest BCUT2D eigenvalue weighted by atomic mass is 9.98. The van der Waals surface area contributed by atoms with Crippen LogP contribution in [0.25, 0.3) is 0 Å². The van der Waals surface area contributed by atoms with Crippen LogP contribution >= 0.6 is 22.7 Å². The third-order valence-electron chi connectivity index (χ3n) is 9.11. The van der Waals surface area contributed by atoms with Gasteiger partial charge < -0.3 is 19.6 Å². The van der Waals surface area contributed by atoms with Gasteiger partial charge in [0.2, 0.25) is 11.8 Å². The number of thiazole rings is 2. The van der Waals surface area contributed by atoms with Crippen LogP contribution in [0.4, 0.5) is 10.3 Å². The summed E-state index contributed by atoms with van der Waals surface area (Å²) in [5, 5.41) is 6.12. The third-order valence-corrected chi connectivity index (χ3v) is 10.8. The second-order valence-corrected chi connectivity index (χ2v) is 13.9. The fourth-order valence-corrected chi connectivity index (χ4v) is 7.70. The fourth-order valence-electron chi connectivity index (χ4n) is 6.31. The Kier molecular flexibility index (Phi) is 11.8. The zero-order valence-corrected chi connectivity index (χ0v) is 29.2. The van der Waals surface area contributed by atoms with E-state index in [1.807, 2.05) is 33.0 Å². The van der Waals surface area contributed by atoms with Gasteiger partial charge in [0.05, 0.1) is 0 Å². The molecule has 0 saturated carbocycles. The van der Waals surface area contributed by atoms with E-state index in [-0.39, 0.29) is 11.8 Å². The number of nitrogens with zero attached hydrogens (tertiary/aromatic N) is 6. The molecule has 10 heteroatoms. The maximum Gasteiger partial charge on any atom is 0.223 e. The molecule has 244 valence electrons. The molecule has 4 aromatic rings. The van der Waals surface area contributed by atoms with Crippen LogP contribution in [-0.4, -0.2) is 83.9 Å². The molecular weight excluding hydrogens is 613 g/mol. The summed E-state index contributed by atoms with van der Waals surface area (Å²) >= 11 is 3.32. The van der Waals surface area contributed by atoms with Crippen molar-refractivity contribution < 1.29 is 9.59 Å². The maximum absolute atomic E-state index is 12.5. The van der Waals surface area contributed by atoms with Crippen molar-refractivity contribution in [2.24, 2.45) is 0 Å². The van der Waals surface area contributed by atoms with Crippen LogP contribution in [0.5, 0.6) is 0 Å². The summed E-state index contributed by atoms with van der Waals surface area (Å²) in [6, 6.07) is 12.7. The van der Waals surface area contributed by atoms with Crippen LogP contribution < -0.4 is 9.80 Å². The molecule has 0 N–H and O–H groups in total. The molecule has 2 fully saturated rings. The Bertz CT molecular complexity index is 1400. The first-order valence-corrected chi connectivity index (χ1v) is 18.0. The highest BCUT2D eigenvalue weighted by Gasteiger charge is 2.23. The lowest BCUT2D eigenvalue weighted by Gasteiger charge is -2.34. The molecule has 8 nitrogen and oxygen atoms in total. The summed E-state index contributed by atoms with van der Waals surface area (Å²) in [7, 11) is 0. The van der Waals surface area contributed by atoms with Crippen LogP contribution in [0, 0.1) is 27.7 Å². The van der Waals surface area contributed by atoms with E-state index in [9.17, 15) is 9.59 Å². The minimum absolute atomic E-state index is 0.270. The topological polar surface area (TPSA) is 72.9 Å². The number of amides is 2. The van der Waals surface area contributed by atoms with Crippen molar-refractivity contribution in [1.82, 2.24) is 19.8 Å².